The summed E-state index contributed by atoms with van der Waals surface area (Å²) >= 11 is 0. The molecule has 0 saturated heterocycles. The molecule has 0 bridgehead atoms. The molecule has 2 aromatic rings. The van der Waals surface area contributed by atoms with Crippen LogP contribution in [0.5, 0.6) is 0 Å². The van der Waals surface area contributed by atoms with Gasteiger partial charge in [-0.2, -0.15) is 0 Å². The van der Waals surface area contributed by atoms with Crippen molar-refractivity contribution in [1.82, 2.24) is 0 Å². The smallest absolute Gasteiger partial charge is 0.299 e. The summed E-state index contributed by atoms with van der Waals surface area (Å²) in [5, 5.41) is 32.4. The Hall–Kier alpha value is -3.30. The summed E-state index contributed by atoms with van der Waals surface area (Å²) < 4.78 is 0. The zero-order valence-electron chi connectivity index (χ0n) is 9.68. The fraction of sp³-hybridized carbons (Fsp3) is 0. The van der Waals surface area contributed by atoms with Crippen LogP contribution < -0.4 is 5.73 Å². The quantitative estimate of drug-likeness (QED) is 0.511. The Morgan fingerprint density at radius 3 is 1.90 bits per heavy atom. The standard InChI is InChI=1S/C10H6N4O6/c11-10-7-3-5(12(15)16)1-2-6(7)8(13(17)18)4-9(10)14(19)20/h1-4H,11H2. The fourth-order valence-corrected chi connectivity index (χ4v) is 1.82. The first-order chi connectivity index (χ1) is 9.32. The van der Waals surface area contributed by atoms with Crippen LogP contribution >= 0.6 is 0 Å². The number of nitrogen functional groups attached to an aromatic ring is 1. The molecule has 0 aliphatic carbocycles. The van der Waals surface area contributed by atoms with E-state index in [1.807, 2.05) is 0 Å². The van der Waals surface area contributed by atoms with Crippen molar-refractivity contribution in [3.05, 3.63) is 54.6 Å². The Bertz CT molecular complexity index is 772. The fourth-order valence-electron chi connectivity index (χ4n) is 1.82. The first kappa shape index (κ1) is 13.1. The zero-order valence-corrected chi connectivity index (χ0v) is 9.68. The Balaban J connectivity index is 2.94. The molecule has 0 heterocycles. The van der Waals surface area contributed by atoms with E-state index in [0.717, 1.165) is 24.3 Å². The van der Waals surface area contributed by atoms with E-state index in [1.165, 1.54) is 0 Å². The first-order valence-electron chi connectivity index (χ1n) is 5.12. The molecule has 20 heavy (non-hydrogen) atoms. The van der Waals surface area contributed by atoms with Gasteiger partial charge in [-0.15, -0.1) is 0 Å². The van der Waals surface area contributed by atoms with Crippen molar-refractivity contribution in [3.8, 4) is 0 Å². The first-order valence-corrected chi connectivity index (χ1v) is 5.12. The van der Waals surface area contributed by atoms with Gasteiger partial charge in [0, 0.05) is 17.5 Å². The molecule has 0 atom stereocenters. The molecule has 0 fully saturated rings. The van der Waals surface area contributed by atoms with Crippen LogP contribution in [-0.2, 0) is 0 Å². The molecule has 0 aliphatic rings. The van der Waals surface area contributed by atoms with E-state index in [1.54, 1.807) is 0 Å². The predicted octanol–water partition coefficient (Wildman–Crippen LogP) is 2.15. The third-order valence-corrected chi connectivity index (χ3v) is 2.72. The summed E-state index contributed by atoms with van der Waals surface area (Å²) in [7, 11) is 0. The van der Waals surface area contributed by atoms with Crippen LogP contribution in [0.15, 0.2) is 24.3 Å². The summed E-state index contributed by atoms with van der Waals surface area (Å²) in [4.78, 5) is 30.0. The molecule has 102 valence electrons. The number of hydrogen-bond donors (Lipinski definition) is 1. The molecule has 0 radical (unpaired) electrons. The van der Waals surface area contributed by atoms with E-state index in [4.69, 9.17) is 5.73 Å². The second-order valence-electron chi connectivity index (χ2n) is 3.83. The molecule has 2 N–H and O–H groups in total. The maximum atomic E-state index is 10.9. The van der Waals surface area contributed by atoms with Crippen molar-refractivity contribution in [1.29, 1.82) is 0 Å². The van der Waals surface area contributed by atoms with Crippen molar-refractivity contribution < 1.29 is 14.8 Å². The topological polar surface area (TPSA) is 155 Å². The summed E-state index contributed by atoms with van der Waals surface area (Å²) in [5.74, 6) is 0. The minimum absolute atomic E-state index is 0.00343. The third kappa shape index (κ3) is 1.94. The van der Waals surface area contributed by atoms with Gasteiger partial charge in [-0.1, -0.05) is 0 Å². The number of nitro groups is 3. The van der Waals surface area contributed by atoms with Gasteiger partial charge in [0.2, 0.25) is 0 Å². The second kappa shape index (κ2) is 4.42. The van der Waals surface area contributed by atoms with Gasteiger partial charge in [0.25, 0.3) is 17.1 Å². The van der Waals surface area contributed by atoms with Gasteiger partial charge in [-0.25, -0.2) is 0 Å². The monoisotopic (exact) mass is 278 g/mol. The molecular weight excluding hydrogens is 272 g/mol. The van der Waals surface area contributed by atoms with Gasteiger partial charge in [0.15, 0.2) is 0 Å². The van der Waals surface area contributed by atoms with E-state index in [-0.39, 0.29) is 22.1 Å². The number of anilines is 1. The van der Waals surface area contributed by atoms with E-state index in [2.05, 4.69) is 0 Å². The number of nitrogens with zero attached hydrogens (tertiary/aromatic N) is 3. The van der Waals surface area contributed by atoms with Crippen LogP contribution in [0.4, 0.5) is 22.7 Å². The molecule has 10 heteroatoms. The molecule has 0 unspecified atom stereocenters. The largest absolute Gasteiger partial charge is 0.393 e. The van der Waals surface area contributed by atoms with Gasteiger partial charge in [0.05, 0.1) is 26.2 Å². The van der Waals surface area contributed by atoms with E-state index in [0.29, 0.717) is 0 Å². The maximum absolute atomic E-state index is 10.9. The molecule has 2 rings (SSSR count). The zero-order chi connectivity index (χ0) is 15.0. The SMILES string of the molecule is Nc1c([N+](=O)[O-])cc([N+](=O)[O-])c2ccc([N+](=O)[O-])cc12. The predicted molar refractivity (Wildman–Crippen MR) is 68.3 cm³/mol. The maximum Gasteiger partial charge on any atom is 0.299 e. The average Bonchev–Trinajstić information content (AvgIpc) is 2.37. The van der Waals surface area contributed by atoms with Crippen LogP contribution in [0, 0.1) is 30.3 Å². The number of hydrogen-bond acceptors (Lipinski definition) is 7. The normalized spacial score (nSPS) is 10.4. The molecular formula is C10H6N4O6. The molecule has 10 nitrogen and oxygen atoms in total. The number of non-ortho nitro benzene ring substituents is 2. The van der Waals surface area contributed by atoms with Crippen molar-refractivity contribution in [2.45, 2.75) is 0 Å². The minimum Gasteiger partial charge on any atom is -0.393 e. The lowest BCUT2D eigenvalue weighted by atomic mass is 10.0. The average molecular weight is 278 g/mol. The van der Waals surface area contributed by atoms with Crippen LogP contribution in [0.3, 0.4) is 0 Å². The van der Waals surface area contributed by atoms with Crippen molar-refractivity contribution in [3.63, 3.8) is 0 Å². The van der Waals surface area contributed by atoms with Gasteiger partial charge in [0.1, 0.15) is 5.69 Å². The lowest BCUT2D eigenvalue weighted by Crippen LogP contribution is -2.00. The number of nitro benzene ring substituents is 3. The highest BCUT2D eigenvalue weighted by atomic mass is 16.6. The minimum atomic E-state index is -0.874. The van der Waals surface area contributed by atoms with E-state index >= 15 is 0 Å². The lowest BCUT2D eigenvalue weighted by Gasteiger charge is -2.04. The molecule has 0 spiro atoms. The Labute approximate surface area is 109 Å². The molecule has 2 aromatic carbocycles. The molecule has 0 aromatic heterocycles. The van der Waals surface area contributed by atoms with Crippen molar-refractivity contribution >= 4 is 33.5 Å². The highest BCUT2D eigenvalue weighted by Crippen LogP contribution is 2.38. The summed E-state index contributed by atoms with van der Waals surface area (Å²) in [6.45, 7) is 0. The summed E-state index contributed by atoms with van der Waals surface area (Å²) in [5.41, 5.74) is 3.67. The van der Waals surface area contributed by atoms with Gasteiger partial charge in [-0.3, -0.25) is 30.3 Å². The van der Waals surface area contributed by atoms with E-state index < -0.39 is 26.1 Å². The highest BCUT2D eigenvalue weighted by molar-refractivity contribution is 6.03. The van der Waals surface area contributed by atoms with Gasteiger partial charge in [-0.05, 0) is 6.07 Å². The van der Waals surface area contributed by atoms with Crippen LogP contribution in [0.25, 0.3) is 10.8 Å². The Morgan fingerprint density at radius 2 is 1.40 bits per heavy atom. The van der Waals surface area contributed by atoms with Crippen molar-refractivity contribution in [2.75, 3.05) is 5.73 Å². The molecule has 0 saturated carbocycles. The number of nitrogens with two attached hydrogens (primary N) is 1. The number of benzene rings is 2. The summed E-state index contributed by atoms with van der Waals surface area (Å²) in [6.07, 6.45) is 0. The molecule has 0 aliphatic heterocycles. The summed E-state index contributed by atoms with van der Waals surface area (Å²) in [6, 6.07) is 3.93. The van der Waals surface area contributed by atoms with Crippen molar-refractivity contribution in [2.24, 2.45) is 0 Å². The third-order valence-electron chi connectivity index (χ3n) is 2.72. The number of fused-ring (bicyclic) bond motifs is 1. The van der Waals surface area contributed by atoms with Crippen LogP contribution in [-0.4, -0.2) is 14.8 Å². The van der Waals surface area contributed by atoms with E-state index in [9.17, 15) is 30.3 Å². The number of rotatable bonds is 3. The molecule has 0 amide bonds. The highest BCUT2D eigenvalue weighted by Gasteiger charge is 2.25. The van der Waals surface area contributed by atoms with Crippen LogP contribution in [0.2, 0.25) is 0 Å². The second-order valence-corrected chi connectivity index (χ2v) is 3.83. The Kier molecular flexibility index (Phi) is 2.90. The van der Waals surface area contributed by atoms with Crippen LogP contribution in [0.1, 0.15) is 0 Å². The van der Waals surface area contributed by atoms with Gasteiger partial charge < -0.3 is 5.73 Å². The van der Waals surface area contributed by atoms with Gasteiger partial charge >= 0.3 is 0 Å². The lowest BCUT2D eigenvalue weighted by molar-refractivity contribution is -0.392. The Morgan fingerprint density at radius 1 is 0.800 bits per heavy atom.